The molecule has 1 aromatic carbocycles. The molecule has 0 bridgehead atoms. The fourth-order valence-electron chi connectivity index (χ4n) is 1.78. The van der Waals surface area contributed by atoms with Gasteiger partial charge in [0.05, 0.1) is 0 Å². The lowest BCUT2D eigenvalue weighted by atomic mass is 10.2. The van der Waals surface area contributed by atoms with Gasteiger partial charge in [-0.15, -0.1) is 0 Å². The van der Waals surface area contributed by atoms with Gasteiger partial charge in [0.2, 0.25) is 0 Å². The molecule has 96 valence electrons. The number of furan rings is 1. The van der Waals surface area contributed by atoms with Crippen LogP contribution in [0, 0.1) is 6.92 Å². The highest BCUT2D eigenvalue weighted by Gasteiger charge is 2.15. The molecule has 0 fully saturated rings. The number of carbonyl (C=O) groups is 1. The second kappa shape index (κ2) is 5.57. The number of halogens is 1. The standard InChI is InChI=1S/C14H16BrNO2/c1-3-11(8-15)16-14(17)13-7-10-6-9(2)4-5-12(10)18-13/h4-7,11H,3,8H2,1-2H3,(H,16,17). The molecule has 4 heteroatoms. The number of benzene rings is 1. The monoisotopic (exact) mass is 309 g/mol. The molecule has 1 heterocycles. The van der Waals surface area contributed by atoms with Crippen LogP contribution in [-0.2, 0) is 0 Å². The van der Waals surface area contributed by atoms with Gasteiger partial charge in [-0.05, 0) is 31.5 Å². The van der Waals surface area contributed by atoms with Crippen LogP contribution < -0.4 is 5.32 Å². The van der Waals surface area contributed by atoms with E-state index in [1.165, 1.54) is 0 Å². The van der Waals surface area contributed by atoms with Crippen molar-refractivity contribution in [2.45, 2.75) is 26.3 Å². The van der Waals surface area contributed by atoms with E-state index in [0.29, 0.717) is 5.76 Å². The normalized spacial score (nSPS) is 12.6. The minimum absolute atomic E-state index is 0.132. The molecule has 0 aliphatic carbocycles. The number of hydrogen-bond acceptors (Lipinski definition) is 2. The molecule has 1 aromatic heterocycles. The molecule has 2 rings (SSSR count). The third kappa shape index (κ3) is 2.75. The molecule has 0 saturated carbocycles. The lowest BCUT2D eigenvalue weighted by Crippen LogP contribution is -2.35. The Kier molecular flexibility index (Phi) is 4.07. The fourth-order valence-corrected chi connectivity index (χ4v) is 2.40. The number of nitrogens with one attached hydrogen (secondary N) is 1. The van der Waals surface area contributed by atoms with Crippen LogP contribution in [0.25, 0.3) is 11.0 Å². The second-order valence-electron chi connectivity index (χ2n) is 4.38. The Morgan fingerprint density at radius 3 is 2.89 bits per heavy atom. The molecule has 1 atom stereocenters. The van der Waals surface area contributed by atoms with Crippen LogP contribution in [0.15, 0.2) is 28.7 Å². The minimum Gasteiger partial charge on any atom is -0.451 e. The van der Waals surface area contributed by atoms with Crippen LogP contribution in [-0.4, -0.2) is 17.3 Å². The maximum Gasteiger partial charge on any atom is 0.287 e. The van der Waals surface area contributed by atoms with Gasteiger partial charge in [0, 0.05) is 16.8 Å². The zero-order chi connectivity index (χ0) is 13.1. The van der Waals surface area contributed by atoms with E-state index in [2.05, 4.69) is 21.2 Å². The number of hydrogen-bond donors (Lipinski definition) is 1. The molecule has 2 aromatic rings. The van der Waals surface area contributed by atoms with Crippen molar-refractivity contribution < 1.29 is 9.21 Å². The van der Waals surface area contributed by atoms with E-state index >= 15 is 0 Å². The first-order valence-electron chi connectivity index (χ1n) is 6.01. The molecule has 1 unspecified atom stereocenters. The molecule has 18 heavy (non-hydrogen) atoms. The summed E-state index contributed by atoms with van der Waals surface area (Å²) in [5.74, 6) is 0.213. The zero-order valence-corrected chi connectivity index (χ0v) is 12.1. The highest BCUT2D eigenvalue weighted by Crippen LogP contribution is 2.20. The Morgan fingerprint density at radius 1 is 1.44 bits per heavy atom. The minimum atomic E-state index is -0.157. The van der Waals surface area contributed by atoms with E-state index in [1.807, 2.05) is 32.0 Å². The van der Waals surface area contributed by atoms with E-state index in [-0.39, 0.29) is 11.9 Å². The Morgan fingerprint density at radius 2 is 2.22 bits per heavy atom. The summed E-state index contributed by atoms with van der Waals surface area (Å²) in [5, 5.41) is 4.64. The van der Waals surface area contributed by atoms with Gasteiger partial charge in [-0.2, -0.15) is 0 Å². The molecule has 0 radical (unpaired) electrons. The van der Waals surface area contributed by atoms with Crippen LogP contribution in [0.3, 0.4) is 0 Å². The predicted molar refractivity (Wildman–Crippen MR) is 76.3 cm³/mol. The summed E-state index contributed by atoms with van der Waals surface area (Å²) >= 11 is 3.38. The first kappa shape index (κ1) is 13.1. The Bertz CT molecular complexity index is 558. The molecule has 0 aliphatic rings. The SMILES string of the molecule is CCC(CBr)NC(=O)c1cc2cc(C)ccc2o1. The molecule has 1 amide bonds. The van der Waals surface area contributed by atoms with Gasteiger partial charge in [0.15, 0.2) is 5.76 Å². The highest BCUT2D eigenvalue weighted by molar-refractivity contribution is 9.09. The molecule has 0 aliphatic heterocycles. The summed E-state index contributed by atoms with van der Waals surface area (Å²) in [7, 11) is 0. The zero-order valence-electron chi connectivity index (χ0n) is 10.5. The highest BCUT2D eigenvalue weighted by atomic mass is 79.9. The van der Waals surface area contributed by atoms with Crippen molar-refractivity contribution in [3.05, 3.63) is 35.6 Å². The van der Waals surface area contributed by atoms with Gasteiger partial charge in [-0.3, -0.25) is 4.79 Å². The van der Waals surface area contributed by atoms with Crippen LogP contribution in [0.2, 0.25) is 0 Å². The first-order valence-corrected chi connectivity index (χ1v) is 7.13. The lowest BCUT2D eigenvalue weighted by molar-refractivity contribution is 0.0914. The number of amides is 1. The smallest absolute Gasteiger partial charge is 0.287 e. The average molecular weight is 310 g/mol. The summed E-state index contributed by atoms with van der Waals surface area (Å²) in [4.78, 5) is 12.0. The van der Waals surface area contributed by atoms with Gasteiger partial charge in [0.1, 0.15) is 5.58 Å². The first-order chi connectivity index (χ1) is 8.63. The van der Waals surface area contributed by atoms with E-state index in [4.69, 9.17) is 4.42 Å². The van der Waals surface area contributed by atoms with E-state index < -0.39 is 0 Å². The number of alkyl halides is 1. The van der Waals surface area contributed by atoms with Crippen LogP contribution >= 0.6 is 15.9 Å². The van der Waals surface area contributed by atoms with Crippen LogP contribution in [0.4, 0.5) is 0 Å². The average Bonchev–Trinajstić information content (AvgIpc) is 2.78. The van der Waals surface area contributed by atoms with Gasteiger partial charge in [0.25, 0.3) is 5.91 Å². The molecule has 0 saturated heterocycles. The van der Waals surface area contributed by atoms with Crippen molar-refractivity contribution in [3.63, 3.8) is 0 Å². The van der Waals surface area contributed by atoms with Crippen molar-refractivity contribution in [2.24, 2.45) is 0 Å². The maximum atomic E-state index is 12.0. The van der Waals surface area contributed by atoms with Crippen molar-refractivity contribution in [1.29, 1.82) is 0 Å². The fraction of sp³-hybridized carbons (Fsp3) is 0.357. The molecular weight excluding hydrogens is 294 g/mol. The number of carbonyl (C=O) groups excluding carboxylic acids is 1. The summed E-state index contributed by atoms with van der Waals surface area (Å²) in [6.07, 6.45) is 0.885. The Hall–Kier alpha value is -1.29. The molecular formula is C14H16BrNO2. The number of aryl methyl sites for hydroxylation is 1. The van der Waals surface area contributed by atoms with Gasteiger partial charge in [-0.1, -0.05) is 34.5 Å². The quantitative estimate of drug-likeness (QED) is 0.876. The van der Waals surface area contributed by atoms with E-state index in [9.17, 15) is 4.79 Å². The van der Waals surface area contributed by atoms with Crippen molar-refractivity contribution >= 4 is 32.8 Å². The summed E-state index contributed by atoms with van der Waals surface area (Å²) in [6.45, 7) is 4.05. The predicted octanol–water partition coefficient (Wildman–Crippen LogP) is 3.64. The summed E-state index contributed by atoms with van der Waals surface area (Å²) in [5.41, 5.74) is 1.90. The Labute approximate surface area is 115 Å². The lowest BCUT2D eigenvalue weighted by Gasteiger charge is -2.12. The summed E-state index contributed by atoms with van der Waals surface area (Å²) in [6, 6.07) is 7.80. The molecule has 0 spiro atoms. The maximum absolute atomic E-state index is 12.0. The summed E-state index contributed by atoms with van der Waals surface area (Å²) < 4.78 is 5.55. The second-order valence-corrected chi connectivity index (χ2v) is 5.03. The third-order valence-corrected chi connectivity index (χ3v) is 3.69. The van der Waals surface area contributed by atoms with Crippen molar-refractivity contribution in [2.75, 3.05) is 5.33 Å². The molecule has 3 nitrogen and oxygen atoms in total. The van der Waals surface area contributed by atoms with Crippen LogP contribution in [0.5, 0.6) is 0 Å². The Balaban J connectivity index is 2.23. The number of rotatable bonds is 4. The number of fused-ring (bicyclic) bond motifs is 1. The van der Waals surface area contributed by atoms with Crippen molar-refractivity contribution in [1.82, 2.24) is 5.32 Å². The topological polar surface area (TPSA) is 42.2 Å². The van der Waals surface area contributed by atoms with Gasteiger partial charge < -0.3 is 9.73 Å². The van der Waals surface area contributed by atoms with Gasteiger partial charge in [-0.25, -0.2) is 0 Å². The van der Waals surface area contributed by atoms with E-state index in [0.717, 1.165) is 28.3 Å². The third-order valence-electron chi connectivity index (χ3n) is 2.91. The largest absolute Gasteiger partial charge is 0.451 e. The van der Waals surface area contributed by atoms with Gasteiger partial charge >= 0.3 is 0 Å². The molecule has 1 N–H and O–H groups in total. The van der Waals surface area contributed by atoms with E-state index in [1.54, 1.807) is 6.07 Å². The van der Waals surface area contributed by atoms with Crippen molar-refractivity contribution in [3.8, 4) is 0 Å². The van der Waals surface area contributed by atoms with Crippen LogP contribution in [0.1, 0.15) is 29.5 Å².